The maximum Gasteiger partial charge on any atom is 0.146 e. The highest BCUT2D eigenvalue weighted by molar-refractivity contribution is 5.63. The van der Waals surface area contributed by atoms with E-state index in [-0.39, 0.29) is 5.82 Å². The van der Waals surface area contributed by atoms with Gasteiger partial charge in [0.05, 0.1) is 5.69 Å². The van der Waals surface area contributed by atoms with Crippen molar-refractivity contribution in [2.75, 3.05) is 10.6 Å². The molecule has 0 atom stereocenters. The van der Waals surface area contributed by atoms with Gasteiger partial charge in [-0.3, -0.25) is 0 Å². The Morgan fingerprint density at radius 2 is 1.52 bits per heavy atom. The Hall–Kier alpha value is -2.95. The molecule has 0 amide bonds. The van der Waals surface area contributed by atoms with E-state index in [9.17, 15) is 4.39 Å². The Morgan fingerprint density at radius 1 is 0.880 bits per heavy atom. The van der Waals surface area contributed by atoms with Crippen LogP contribution in [-0.2, 0) is 0 Å². The van der Waals surface area contributed by atoms with Gasteiger partial charge in [-0.15, -0.1) is 0 Å². The van der Waals surface area contributed by atoms with Crippen LogP contribution >= 0.6 is 0 Å². The van der Waals surface area contributed by atoms with Crippen LogP contribution in [0.25, 0.3) is 0 Å². The Labute approximate surface area is 147 Å². The second kappa shape index (κ2) is 7.30. The standard InChI is InChI=1S/C20H21FN4/c1-13(2)15-8-10-16(11-9-15)24-19-12-20(23-14(3)22-19)25-18-7-5-4-6-17(18)21/h4-13H,1-3H3,(H2,22,23,24,25). The van der Waals surface area contributed by atoms with Crippen LogP contribution in [0.3, 0.4) is 0 Å². The lowest BCUT2D eigenvalue weighted by Crippen LogP contribution is -2.02. The number of nitrogens with one attached hydrogen (secondary N) is 2. The predicted octanol–water partition coefficient (Wildman–Crippen LogP) is 5.53. The Kier molecular flexibility index (Phi) is 4.93. The summed E-state index contributed by atoms with van der Waals surface area (Å²) in [4.78, 5) is 8.72. The van der Waals surface area contributed by atoms with Crippen LogP contribution in [0.2, 0.25) is 0 Å². The first kappa shape index (κ1) is 16.9. The van der Waals surface area contributed by atoms with Gasteiger partial charge in [-0.25, -0.2) is 14.4 Å². The molecule has 0 saturated heterocycles. The summed E-state index contributed by atoms with van der Waals surface area (Å²) in [5.74, 6) is 1.97. The molecule has 1 aromatic heterocycles. The minimum atomic E-state index is -0.322. The van der Waals surface area contributed by atoms with E-state index < -0.39 is 0 Å². The van der Waals surface area contributed by atoms with Crippen molar-refractivity contribution in [3.05, 3.63) is 71.8 Å². The van der Waals surface area contributed by atoms with Crippen molar-refractivity contribution in [2.45, 2.75) is 26.7 Å². The first-order chi connectivity index (χ1) is 12.0. The fraction of sp³-hybridized carbons (Fsp3) is 0.200. The minimum absolute atomic E-state index is 0.322. The lowest BCUT2D eigenvalue weighted by atomic mass is 10.0. The largest absolute Gasteiger partial charge is 0.340 e. The SMILES string of the molecule is Cc1nc(Nc2ccc(C(C)C)cc2)cc(Nc2ccccc2F)n1. The summed E-state index contributed by atoms with van der Waals surface area (Å²) >= 11 is 0. The van der Waals surface area contributed by atoms with Crippen LogP contribution in [0.5, 0.6) is 0 Å². The third kappa shape index (κ3) is 4.32. The zero-order chi connectivity index (χ0) is 17.8. The molecule has 2 N–H and O–H groups in total. The number of anilines is 4. The van der Waals surface area contributed by atoms with Crippen LogP contribution in [0, 0.1) is 12.7 Å². The van der Waals surface area contributed by atoms with Gasteiger partial charge >= 0.3 is 0 Å². The summed E-state index contributed by atoms with van der Waals surface area (Å²) < 4.78 is 13.8. The van der Waals surface area contributed by atoms with Gasteiger partial charge in [0.15, 0.2) is 0 Å². The average Bonchev–Trinajstić information content (AvgIpc) is 2.57. The number of para-hydroxylation sites is 1. The molecule has 3 aromatic rings. The van der Waals surface area contributed by atoms with E-state index >= 15 is 0 Å². The normalized spacial score (nSPS) is 10.8. The van der Waals surface area contributed by atoms with Crippen LogP contribution in [0.15, 0.2) is 54.6 Å². The molecule has 2 aromatic carbocycles. The van der Waals surface area contributed by atoms with Crippen molar-refractivity contribution in [1.29, 1.82) is 0 Å². The molecule has 0 fully saturated rings. The molecule has 4 nitrogen and oxygen atoms in total. The van der Waals surface area contributed by atoms with Crippen molar-refractivity contribution < 1.29 is 4.39 Å². The van der Waals surface area contributed by atoms with Gasteiger partial charge < -0.3 is 10.6 Å². The Balaban J connectivity index is 1.80. The predicted molar refractivity (Wildman–Crippen MR) is 100 cm³/mol. The fourth-order valence-electron chi connectivity index (χ4n) is 2.50. The maximum absolute atomic E-state index is 13.8. The second-order valence-corrected chi connectivity index (χ2v) is 6.19. The summed E-state index contributed by atoms with van der Waals surface area (Å²) in [6.07, 6.45) is 0. The molecule has 0 unspecified atom stereocenters. The van der Waals surface area contributed by atoms with Crippen molar-refractivity contribution in [3.63, 3.8) is 0 Å². The lowest BCUT2D eigenvalue weighted by molar-refractivity contribution is 0.632. The summed E-state index contributed by atoms with van der Waals surface area (Å²) in [5, 5.41) is 6.26. The molecule has 25 heavy (non-hydrogen) atoms. The minimum Gasteiger partial charge on any atom is -0.340 e. The summed E-state index contributed by atoms with van der Waals surface area (Å²) in [5.41, 5.74) is 2.61. The molecule has 0 bridgehead atoms. The Morgan fingerprint density at radius 3 is 2.16 bits per heavy atom. The molecule has 0 radical (unpaired) electrons. The van der Waals surface area contributed by atoms with Gasteiger partial charge in [0, 0.05) is 11.8 Å². The van der Waals surface area contributed by atoms with Gasteiger partial charge in [0.2, 0.25) is 0 Å². The van der Waals surface area contributed by atoms with Crippen LogP contribution in [0.4, 0.5) is 27.4 Å². The number of hydrogen-bond acceptors (Lipinski definition) is 4. The molecular formula is C20H21FN4. The van der Waals surface area contributed by atoms with E-state index in [0.29, 0.717) is 29.1 Å². The zero-order valence-corrected chi connectivity index (χ0v) is 14.5. The molecule has 0 aliphatic heterocycles. The van der Waals surface area contributed by atoms with Gasteiger partial charge in [-0.2, -0.15) is 0 Å². The Bertz CT molecular complexity index is 860. The van der Waals surface area contributed by atoms with Crippen molar-refractivity contribution in [3.8, 4) is 0 Å². The summed E-state index contributed by atoms with van der Waals surface area (Å²) in [6, 6.07) is 16.5. The lowest BCUT2D eigenvalue weighted by Gasteiger charge is -2.12. The topological polar surface area (TPSA) is 49.8 Å². The van der Waals surface area contributed by atoms with Crippen molar-refractivity contribution >= 4 is 23.0 Å². The van der Waals surface area contributed by atoms with Gasteiger partial charge in [-0.1, -0.05) is 38.1 Å². The quantitative estimate of drug-likeness (QED) is 0.643. The van der Waals surface area contributed by atoms with Gasteiger partial charge in [0.1, 0.15) is 23.3 Å². The maximum atomic E-state index is 13.8. The molecule has 3 rings (SSSR count). The average molecular weight is 336 g/mol. The molecule has 1 heterocycles. The monoisotopic (exact) mass is 336 g/mol. The third-order valence-corrected chi connectivity index (χ3v) is 3.82. The highest BCUT2D eigenvalue weighted by atomic mass is 19.1. The number of halogens is 1. The van der Waals surface area contributed by atoms with Crippen LogP contribution in [0.1, 0.15) is 31.2 Å². The smallest absolute Gasteiger partial charge is 0.146 e. The van der Waals surface area contributed by atoms with Gasteiger partial charge in [0.25, 0.3) is 0 Å². The molecule has 0 spiro atoms. The molecule has 0 aliphatic carbocycles. The number of benzene rings is 2. The van der Waals surface area contributed by atoms with E-state index in [1.165, 1.54) is 11.6 Å². The fourth-order valence-corrected chi connectivity index (χ4v) is 2.50. The number of aryl methyl sites for hydroxylation is 1. The van der Waals surface area contributed by atoms with Crippen LogP contribution in [-0.4, -0.2) is 9.97 Å². The number of rotatable bonds is 5. The van der Waals surface area contributed by atoms with Crippen LogP contribution < -0.4 is 10.6 Å². The van der Waals surface area contributed by atoms with Crippen molar-refractivity contribution in [2.24, 2.45) is 0 Å². The number of hydrogen-bond donors (Lipinski definition) is 2. The highest BCUT2D eigenvalue weighted by Crippen LogP contribution is 2.23. The van der Waals surface area contributed by atoms with E-state index in [1.807, 2.05) is 12.1 Å². The number of aromatic nitrogens is 2. The first-order valence-corrected chi connectivity index (χ1v) is 8.25. The molecule has 0 saturated carbocycles. The van der Waals surface area contributed by atoms with E-state index in [0.717, 1.165) is 5.69 Å². The third-order valence-electron chi connectivity index (χ3n) is 3.82. The summed E-state index contributed by atoms with van der Waals surface area (Å²) in [6.45, 7) is 6.13. The zero-order valence-electron chi connectivity index (χ0n) is 14.5. The van der Waals surface area contributed by atoms with Crippen molar-refractivity contribution in [1.82, 2.24) is 9.97 Å². The first-order valence-electron chi connectivity index (χ1n) is 8.25. The molecule has 128 valence electrons. The highest BCUT2D eigenvalue weighted by Gasteiger charge is 2.06. The van der Waals surface area contributed by atoms with Gasteiger partial charge in [-0.05, 0) is 42.7 Å². The molecular weight excluding hydrogens is 315 g/mol. The molecule has 0 aliphatic rings. The van der Waals surface area contributed by atoms with E-state index in [1.54, 1.807) is 31.2 Å². The number of nitrogens with zero attached hydrogens (tertiary/aromatic N) is 2. The van der Waals surface area contributed by atoms with E-state index in [2.05, 4.69) is 46.6 Å². The van der Waals surface area contributed by atoms with E-state index in [4.69, 9.17) is 0 Å². The second-order valence-electron chi connectivity index (χ2n) is 6.19. The summed E-state index contributed by atoms with van der Waals surface area (Å²) in [7, 11) is 0. The molecule has 5 heteroatoms.